The molecule has 0 aliphatic rings. The number of unbranched alkanes of at least 4 members (excludes halogenated alkanes) is 6. The minimum atomic E-state index is -2.18. The maximum atomic E-state index is 13.8. The van der Waals surface area contributed by atoms with Crippen molar-refractivity contribution in [1.82, 2.24) is 0 Å². The quantitative estimate of drug-likeness (QED) is 0.0772. The molecular weight excluding hydrogens is 445 g/mol. The summed E-state index contributed by atoms with van der Waals surface area (Å²) in [6, 6.07) is 0. The van der Waals surface area contributed by atoms with Crippen molar-refractivity contribution in [2.24, 2.45) is 5.92 Å². The van der Waals surface area contributed by atoms with E-state index in [0.29, 0.717) is 25.7 Å². The van der Waals surface area contributed by atoms with Crippen LogP contribution in [0.2, 0.25) is 0 Å². The van der Waals surface area contributed by atoms with E-state index in [1.165, 1.54) is 12.8 Å². The van der Waals surface area contributed by atoms with Crippen molar-refractivity contribution >= 4 is 5.69 Å². The van der Waals surface area contributed by atoms with Gasteiger partial charge in [0.1, 0.15) is 5.69 Å². The molecule has 9 heteroatoms. The summed E-state index contributed by atoms with van der Waals surface area (Å²) in [5.74, 6) is -11.9. The number of anilines is 1. The molecule has 0 bridgehead atoms. The first-order valence-corrected chi connectivity index (χ1v) is 12.0. The van der Waals surface area contributed by atoms with Crippen LogP contribution in [0.1, 0.15) is 85.0 Å². The first-order chi connectivity index (χ1) is 15.7. The largest absolute Gasteiger partial charge is 0.380 e. The van der Waals surface area contributed by atoms with E-state index < -0.39 is 40.7 Å². The number of hydrogen-bond donors (Lipinski definition) is 2. The van der Waals surface area contributed by atoms with Gasteiger partial charge in [0.05, 0.1) is 0 Å². The third-order valence-corrected chi connectivity index (χ3v) is 5.62. The first-order valence-electron chi connectivity index (χ1n) is 12.0. The molecule has 1 aromatic carbocycles. The fourth-order valence-electron chi connectivity index (χ4n) is 3.86. The van der Waals surface area contributed by atoms with Gasteiger partial charge < -0.3 is 19.9 Å². The molecule has 1 rings (SSSR count). The lowest BCUT2D eigenvalue weighted by Crippen LogP contribution is -2.44. The second kappa shape index (κ2) is 15.5. The Hall–Kier alpha value is -1.45. The fraction of sp³-hybridized carbons (Fsp3) is 0.750. The van der Waals surface area contributed by atoms with Crippen LogP contribution in [-0.4, -0.2) is 30.8 Å². The van der Waals surface area contributed by atoms with Crippen molar-refractivity contribution in [3.8, 4) is 0 Å². The minimum absolute atomic E-state index is 0.00376. The topological polar surface area (TPSA) is 50.7 Å². The second-order valence-electron chi connectivity index (χ2n) is 8.12. The van der Waals surface area contributed by atoms with Crippen LogP contribution in [0.15, 0.2) is 0 Å². The summed E-state index contributed by atoms with van der Waals surface area (Å²) in [5, 5.41) is 13.2. The predicted molar refractivity (Wildman–Crippen MR) is 118 cm³/mol. The van der Waals surface area contributed by atoms with E-state index in [9.17, 15) is 27.1 Å². The van der Waals surface area contributed by atoms with E-state index in [-0.39, 0.29) is 25.7 Å². The van der Waals surface area contributed by atoms with Gasteiger partial charge in [-0.2, -0.15) is 0 Å². The van der Waals surface area contributed by atoms with Gasteiger partial charge >= 0.3 is 0 Å². The lowest BCUT2D eigenvalue weighted by atomic mass is 9.92. The Kier molecular flexibility index (Phi) is 13.9. The number of rotatable bonds is 18. The predicted octanol–water partition coefficient (Wildman–Crippen LogP) is 7.05. The Morgan fingerprint density at radius 3 is 1.67 bits per heavy atom. The number of ether oxygens (including phenoxy) is 2. The summed E-state index contributed by atoms with van der Waals surface area (Å²) in [6.45, 7) is 6.22. The molecule has 192 valence electrons. The number of nitrogens with one attached hydrogen (secondary N) is 1. The third kappa shape index (κ3) is 9.02. The zero-order chi connectivity index (χ0) is 24.9. The van der Waals surface area contributed by atoms with E-state index in [1.807, 2.05) is 0 Å². The Labute approximate surface area is 193 Å². The van der Waals surface area contributed by atoms with Gasteiger partial charge in [-0.15, -0.1) is 0 Å². The average molecular weight is 484 g/mol. The molecule has 0 saturated carbocycles. The van der Waals surface area contributed by atoms with Crippen LogP contribution in [0.4, 0.5) is 27.6 Å². The smallest absolute Gasteiger partial charge is 0.283 e. The van der Waals surface area contributed by atoms with E-state index in [1.54, 1.807) is 13.8 Å². The van der Waals surface area contributed by atoms with E-state index in [4.69, 9.17) is 9.47 Å². The highest BCUT2D eigenvalue weighted by Gasteiger charge is 2.38. The maximum absolute atomic E-state index is 13.8. The molecule has 4 nitrogen and oxygen atoms in total. The summed E-state index contributed by atoms with van der Waals surface area (Å²) in [4.78, 5) is 0. The Balaban J connectivity index is 2.66. The summed E-state index contributed by atoms with van der Waals surface area (Å²) in [7, 11) is 0. The zero-order valence-electron chi connectivity index (χ0n) is 19.9. The highest BCUT2D eigenvalue weighted by atomic mass is 19.2. The molecule has 1 aromatic rings. The molecule has 0 spiro atoms. The minimum Gasteiger partial charge on any atom is -0.380 e. The van der Waals surface area contributed by atoms with Crippen molar-refractivity contribution in [3.63, 3.8) is 0 Å². The average Bonchev–Trinajstić information content (AvgIpc) is 2.79. The van der Waals surface area contributed by atoms with Crippen LogP contribution in [0.25, 0.3) is 0 Å². The van der Waals surface area contributed by atoms with Crippen LogP contribution >= 0.6 is 0 Å². The number of hydrogen-bond acceptors (Lipinski definition) is 4. The standard InChI is InChI=1S/C24H38F5NO3/c1-4-7-8-9-10-11-14-17(24(31,32-5-2)33-6-3)15-12-13-16-30-23-21(28)19(26)18(25)20(27)22(23)29/h17,30-31H,4-16H2,1-3H3. The number of aliphatic hydroxyl groups is 1. The highest BCUT2D eigenvalue weighted by molar-refractivity contribution is 5.47. The van der Waals surface area contributed by atoms with E-state index >= 15 is 0 Å². The molecule has 0 aliphatic heterocycles. The normalized spacial score (nSPS) is 12.9. The molecule has 1 unspecified atom stereocenters. The van der Waals surface area contributed by atoms with Crippen molar-refractivity contribution in [1.29, 1.82) is 0 Å². The van der Waals surface area contributed by atoms with Gasteiger partial charge in [0.2, 0.25) is 5.82 Å². The second-order valence-corrected chi connectivity index (χ2v) is 8.12. The van der Waals surface area contributed by atoms with Crippen molar-refractivity contribution in [2.75, 3.05) is 25.1 Å². The molecule has 0 amide bonds. The summed E-state index contributed by atoms with van der Waals surface area (Å²) in [6.07, 6.45) is 8.72. The number of halogens is 5. The Morgan fingerprint density at radius 1 is 0.697 bits per heavy atom. The van der Waals surface area contributed by atoms with Crippen LogP contribution in [0, 0.1) is 35.0 Å². The summed E-state index contributed by atoms with van der Waals surface area (Å²) in [5.41, 5.74) is -1.03. The van der Waals surface area contributed by atoms with Gasteiger partial charge in [-0.25, -0.2) is 22.0 Å². The molecular formula is C24H38F5NO3. The SMILES string of the molecule is CCCCCCCCC(CCCCNc1c(F)c(F)c(F)c(F)c1F)C(O)(OCC)OCC. The Morgan fingerprint density at radius 2 is 1.15 bits per heavy atom. The molecule has 0 aliphatic carbocycles. The van der Waals surface area contributed by atoms with Crippen LogP contribution in [0.5, 0.6) is 0 Å². The van der Waals surface area contributed by atoms with Crippen molar-refractivity contribution in [2.45, 2.75) is 91.0 Å². The maximum Gasteiger partial charge on any atom is 0.283 e. The highest BCUT2D eigenvalue weighted by Crippen LogP contribution is 2.32. The molecule has 0 radical (unpaired) electrons. The molecule has 2 N–H and O–H groups in total. The molecule has 33 heavy (non-hydrogen) atoms. The Bertz CT molecular complexity index is 670. The molecule has 0 saturated heterocycles. The first kappa shape index (κ1) is 29.6. The van der Waals surface area contributed by atoms with Gasteiger partial charge in [0.25, 0.3) is 5.97 Å². The van der Waals surface area contributed by atoms with Crippen molar-refractivity contribution < 1.29 is 36.5 Å². The molecule has 1 atom stereocenters. The third-order valence-electron chi connectivity index (χ3n) is 5.62. The van der Waals surface area contributed by atoms with Crippen LogP contribution in [0.3, 0.4) is 0 Å². The van der Waals surface area contributed by atoms with Gasteiger partial charge in [-0.1, -0.05) is 51.9 Å². The summed E-state index contributed by atoms with van der Waals surface area (Å²) >= 11 is 0. The van der Waals surface area contributed by atoms with Gasteiger partial charge in [-0.3, -0.25) is 0 Å². The van der Waals surface area contributed by atoms with Crippen LogP contribution in [-0.2, 0) is 9.47 Å². The van der Waals surface area contributed by atoms with Crippen LogP contribution < -0.4 is 5.32 Å². The van der Waals surface area contributed by atoms with Gasteiger partial charge in [-0.05, 0) is 33.1 Å². The zero-order valence-corrected chi connectivity index (χ0v) is 19.9. The molecule has 0 aromatic heterocycles. The monoisotopic (exact) mass is 483 g/mol. The fourth-order valence-corrected chi connectivity index (χ4v) is 3.86. The molecule has 0 heterocycles. The lowest BCUT2D eigenvalue weighted by molar-refractivity contribution is -0.385. The van der Waals surface area contributed by atoms with Gasteiger partial charge in [0, 0.05) is 25.7 Å². The number of benzene rings is 1. The van der Waals surface area contributed by atoms with Gasteiger partial charge in [0.15, 0.2) is 23.3 Å². The lowest BCUT2D eigenvalue weighted by Gasteiger charge is -2.35. The summed E-state index contributed by atoms with van der Waals surface area (Å²) < 4.78 is 78.4. The van der Waals surface area contributed by atoms with Crippen molar-refractivity contribution in [3.05, 3.63) is 29.1 Å². The molecule has 0 fully saturated rings. The van der Waals surface area contributed by atoms with E-state index in [0.717, 1.165) is 25.7 Å². The van der Waals surface area contributed by atoms with E-state index in [2.05, 4.69) is 12.2 Å².